The molecular formula is C15H18N2OS2. The molecule has 0 bridgehead atoms. The first-order valence-electron chi connectivity index (χ1n) is 6.69. The van der Waals surface area contributed by atoms with Gasteiger partial charge in [-0.25, -0.2) is 4.68 Å². The highest BCUT2D eigenvalue weighted by atomic mass is 32.2. The van der Waals surface area contributed by atoms with Crippen LogP contribution in [0, 0.1) is 6.92 Å². The summed E-state index contributed by atoms with van der Waals surface area (Å²) in [5.74, 6) is 0.963. The van der Waals surface area contributed by atoms with E-state index in [1.807, 2.05) is 37.3 Å². The maximum absolute atomic E-state index is 12.5. The van der Waals surface area contributed by atoms with Crippen molar-refractivity contribution < 1.29 is 0 Å². The van der Waals surface area contributed by atoms with Gasteiger partial charge in [0.25, 0.3) is 5.56 Å². The molecule has 0 aliphatic heterocycles. The normalized spacial score (nSPS) is 10.7. The molecule has 1 aromatic carbocycles. The molecule has 20 heavy (non-hydrogen) atoms. The van der Waals surface area contributed by atoms with Gasteiger partial charge < -0.3 is 0 Å². The van der Waals surface area contributed by atoms with Crippen LogP contribution in [0.15, 0.2) is 35.1 Å². The van der Waals surface area contributed by atoms with Gasteiger partial charge in [0.05, 0.1) is 15.4 Å². The van der Waals surface area contributed by atoms with E-state index in [1.165, 1.54) is 0 Å². The molecular weight excluding hydrogens is 288 g/mol. The number of rotatable bonds is 5. The predicted octanol–water partition coefficient (Wildman–Crippen LogP) is 3.68. The summed E-state index contributed by atoms with van der Waals surface area (Å²) >= 11 is 6.99. The number of aryl methyl sites for hydroxylation is 1. The van der Waals surface area contributed by atoms with E-state index >= 15 is 0 Å². The summed E-state index contributed by atoms with van der Waals surface area (Å²) in [6, 6.07) is 9.54. The Morgan fingerprint density at radius 3 is 2.70 bits per heavy atom. The summed E-state index contributed by atoms with van der Waals surface area (Å²) in [5.41, 5.74) is 2.22. The molecule has 2 rings (SSSR count). The molecule has 106 valence electrons. The number of H-pyrrole nitrogens is 1. The van der Waals surface area contributed by atoms with Crippen LogP contribution in [0.2, 0.25) is 0 Å². The molecule has 2 aromatic rings. The number of hydrogen-bond acceptors (Lipinski definition) is 3. The van der Waals surface area contributed by atoms with Crippen LogP contribution in [0.4, 0.5) is 0 Å². The van der Waals surface area contributed by atoms with Gasteiger partial charge in [0.15, 0.2) is 0 Å². The molecule has 0 saturated heterocycles. The van der Waals surface area contributed by atoms with Gasteiger partial charge in [0, 0.05) is 5.69 Å². The van der Waals surface area contributed by atoms with Crippen LogP contribution in [0.1, 0.15) is 31.0 Å². The molecule has 1 N–H and O–H groups in total. The number of nitrogens with one attached hydrogen (secondary N) is 1. The summed E-state index contributed by atoms with van der Waals surface area (Å²) < 4.78 is 2.24. The van der Waals surface area contributed by atoms with Crippen LogP contribution >= 0.6 is 24.0 Å². The molecule has 0 unspecified atom stereocenters. The second kappa shape index (κ2) is 6.90. The number of para-hydroxylation sites is 1. The Hall–Kier alpha value is -1.33. The van der Waals surface area contributed by atoms with Gasteiger partial charge in [-0.05, 0) is 31.2 Å². The van der Waals surface area contributed by atoms with Crippen molar-refractivity contribution in [2.75, 3.05) is 5.75 Å². The molecule has 0 aliphatic rings. The molecule has 0 saturated carbocycles. The quantitative estimate of drug-likeness (QED) is 0.676. The zero-order chi connectivity index (χ0) is 14.5. The van der Waals surface area contributed by atoms with E-state index in [-0.39, 0.29) is 5.56 Å². The van der Waals surface area contributed by atoms with Crippen molar-refractivity contribution in [2.45, 2.75) is 26.7 Å². The number of benzene rings is 1. The Morgan fingerprint density at radius 1 is 1.35 bits per heavy atom. The van der Waals surface area contributed by atoms with Crippen LogP contribution in [0.5, 0.6) is 0 Å². The number of hydrogen-bond donors (Lipinski definition) is 1. The molecule has 0 amide bonds. The first-order chi connectivity index (χ1) is 9.65. The Kier molecular flexibility index (Phi) is 5.20. The Morgan fingerprint density at radius 2 is 2.05 bits per heavy atom. The van der Waals surface area contributed by atoms with E-state index in [0.717, 1.165) is 30.0 Å². The van der Waals surface area contributed by atoms with Crippen molar-refractivity contribution in [3.05, 3.63) is 51.9 Å². The highest BCUT2D eigenvalue weighted by Gasteiger charge is 2.16. The van der Waals surface area contributed by atoms with Crippen LogP contribution in [0.25, 0.3) is 5.69 Å². The number of aromatic nitrogens is 2. The fourth-order valence-electron chi connectivity index (χ4n) is 1.93. The Bertz CT molecular complexity index is 644. The maximum atomic E-state index is 12.5. The van der Waals surface area contributed by atoms with E-state index < -0.39 is 0 Å². The molecule has 1 heterocycles. The highest BCUT2D eigenvalue weighted by molar-refractivity contribution is 8.23. The summed E-state index contributed by atoms with van der Waals surface area (Å²) in [7, 11) is 0. The van der Waals surface area contributed by atoms with E-state index in [9.17, 15) is 4.79 Å². The number of unbranched alkanes of at least 4 members (excludes halogenated alkanes) is 1. The lowest BCUT2D eigenvalue weighted by Gasteiger charge is -2.00. The zero-order valence-electron chi connectivity index (χ0n) is 11.7. The standard InChI is InChI=1S/C15H18N2OS2/c1-3-4-10-20-15(19)13-11(2)16-17(14(13)18)12-8-6-5-7-9-12/h5-9,16H,3-4,10H2,1-2H3. The fourth-order valence-corrected chi connectivity index (χ4v) is 3.42. The van der Waals surface area contributed by atoms with Gasteiger partial charge in [0.1, 0.15) is 0 Å². The largest absolute Gasteiger partial charge is 0.295 e. The zero-order valence-corrected chi connectivity index (χ0v) is 13.3. The van der Waals surface area contributed by atoms with Crippen molar-refractivity contribution in [3.8, 4) is 5.69 Å². The predicted molar refractivity (Wildman–Crippen MR) is 90.2 cm³/mol. The lowest BCUT2D eigenvalue weighted by molar-refractivity contribution is 0.835. The molecule has 1 aromatic heterocycles. The fraction of sp³-hybridized carbons (Fsp3) is 0.333. The molecule has 3 nitrogen and oxygen atoms in total. The molecule has 0 radical (unpaired) electrons. The highest BCUT2D eigenvalue weighted by Crippen LogP contribution is 2.16. The van der Waals surface area contributed by atoms with Crippen molar-refractivity contribution >= 4 is 28.2 Å². The third kappa shape index (κ3) is 3.22. The van der Waals surface area contributed by atoms with Gasteiger partial charge in [0.2, 0.25) is 0 Å². The summed E-state index contributed by atoms with van der Waals surface area (Å²) in [6.45, 7) is 4.04. The minimum absolute atomic E-state index is 0.0669. The smallest absolute Gasteiger partial charge is 0.280 e. The summed E-state index contributed by atoms with van der Waals surface area (Å²) in [5, 5.41) is 3.10. The molecule has 5 heteroatoms. The Labute approximate surface area is 128 Å². The first kappa shape index (κ1) is 15.1. The van der Waals surface area contributed by atoms with Crippen molar-refractivity contribution in [3.63, 3.8) is 0 Å². The minimum atomic E-state index is -0.0669. The van der Waals surface area contributed by atoms with E-state index in [4.69, 9.17) is 12.2 Å². The lowest BCUT2D eigenvalue weighted by Crippen LogP contribution is -2.19. The van der Waals surface area contributed by atoms with Gasteiger partial charge >= 0.3 is 0 Å². The van der Waals surface area contributed by atoms with Crippen molar-refractivity contribution in [2.24, 2.45) is 0 Å². The monoisotopic (exact) mass is 306 g/mol. The van der Waals surface area contributed by atoms with E-state index in [1.54, 1.807) is 16.4 Å². The van der Waals surface area contributed by atoms with Crippen molar-refractivity contribution in [1.29, 1.82) is 0 Å². The topological polar surface area (TPSA) is 37.8 Å². The van der Waals surface area contributed by atoms with Gasteiger partial charge in [-0.3, -0.25) is 9.89 Å². The second-order valence-corrected chi connectivity index (χ2v) is 6.35. The van der Waals surface area contributed by atoms with Gasteiger partial charge in [-0.1, -0.05) is 43.8 Å². The van der Waals surface area contributed by atoms with E-state index in [2.05, 4.69) is 12.0 Å². The second-order valence-electron chi connectivity index (χ2n) is 4.58. The van der Waals surface area contributed by atoms with Gasteiger partial charge in [-0.15, -0.1) is 11.8 Å². The maximum Gasteiger partial charge on any atom is 0.280 e. The summed E-state index contributed by atoms with van der Waals surface area (Å²) in [4.78, 5) is 12.5. The molecule has 0 atom stereocenters. The SMILES string of the molecule is CCCCSC(=S)c1c(C)[nH]n(-c2ccccc2)c1=O. The average Bonchev–Trinajstić information content (AvgIpc) is 2.75. The molecule has 0 fully saturated rings. The summed E-state index contributed by atoms with van der Waals surface area (Å²) in [6.07, 6.45) is 2.25. The van der Waals surface area contributed by atoms with Gasteiger partial charge in [-0.2, -0.15) is 0 Å². The molecule has 0 aliphatic carbocycles. The number of nitrogens with zero attached hydrogens (tertiary/aromatic N) is 1. The third-order valence-corrected chi connectivity index (χ3v) is 4.54. The third-order valence-electron chi connectivity index (χ3n) is 3.02. The first-order valence-corrected chi connectivity index (χ1v) is 8.08. The van der Waals surface area contributed by atoms with Crippen molar-refractivity contribution in [1.82, 2.24) is 9.78 Å². The van der Waals surface area contributed by atoms with Crippen LogP contribution in [-0.2, 0) is 0 Å². The number of thioether (sulfide) groups is 1. The number of thiocarbonyl (C=S) groups is 1. The lowest BCUT2D eigenvalue weighted by atomic mass is 10.3. The van der Waals surface area contributed by atoms with Crippen LogP contribution in [0.3, 0.4) is 0 Å². The molecule has 0 spiro atoms. The number of aromatic amines is 1. The van der Waals surface area contributed by atoms with Crippen LogP contribution in [-0.4, -0.2) is 19.7 Å². The Balaban J connectivity index is 2.30. The van der Waals surface area contributed by atoms with E-state index in [0.29, 0.717) is 9.76 Å². The van der Waals surface area contributed by atoms with Crippen LogP contribution < -0.4 is 5.56 Å². The average molecular weight is 306 g/mol. The minimum Gasteiger partial charge on any atom is -0.295 e.